The molecule has 0 bridgehead atoms. The molecule has 30 heavy (non-hydrogen) atoms. The van der Waals surface area contributed by atoms with Crippen LogP contribution >= 0.6 is 0 Å². The molecule has 5 rings (SSSR count). The molecule has 2 aliphatic rings. The minimum atomic E-state index is -0.432. The average Bonchev–Trinajstić information content (AvgIpc) is 3.24. The van der Waals surface area contributed by atoms with Gasteiger partial charge in [0.1, 0.15) is 5.75 Å². The zero-order valence-corrected chi connectivity index (χ0v) is 16.6. The van der Waals surface area contributed by atoms with Crippen LogP contribution in [-0.2, 0) is 6.42 Å². The summed E-state index contributed by atoms with van der Waals surface area (Å²) in [7, 11) is 0. The maximum Gasteiger partial charge on any atom is 0.269 e. The van der Waals surface area contributed by atoms with E-state index in [1.54, 1.807) is 12.1 Å². The molecular formula is C24H21N3O3. The Morgan fingerprint density at radius 2 is 1.80 bits per heavy atom. The number of hydrazone groups is 1. The fraction of sp³-hybridized carbons (Fsp3) is 0.208. The van der Waals surface area contributed by atoms with E-state index in [1.807, 2.05) is 23.2 Å². The number of para-hydroxylation sites is 1. The molecule has 0 saturated carbocycles. The largest absolute Gasteiger partial charge is 0.464 e. The van der Waals surface area contributed by atoms with Crippen molar-refractivity contribution in [2.75, 3.05) is 0 Å². The van der Waals surface area contributed by atoms with Crippen molar-refractivity contribution in [3.63, 3.8) is 0 Å². The molecular weight excluding hydrogens is 378 g/mol. The van der Waals surface area contributed by atoms with E-state index in [0.717, 1.165) is 41.0 Å². The number of hydrogen-bond acceptors (Lipinski definition) is 5. The third-order valence-corrected chi connectivity index (χ3v) is 5.78. The number of non-ortho nitro benzene ring substituents is 1. The molecule has 0 radical (unpaired) electrons. The van der Waals surface area contributed by atoms with Gasteiger partial charge in [-0.3, -0.25) is 10.1 Å². The van der Waals surface area contributed by atoms with Crippen molar-refractivity contribution in [3.8, 4) is 5.75 Å². The Hall–Kier alpha value is -3.67. The fourth-order valence-electron chi connectivity index (χ4n) is 4.12. The van der Waals surface area contributed by atoms with Gasteiger partial charge in [0.2, 0.25) is 6.23 Å². The van der Waals surface area contributed by atoms with E-state index in [1.165, 1.54) is 17.7 Å². The van der Waals surface area contributed by atoms with Gasteiger partial charge in [-0.2, -0.15) is 5.10 Å². The monoisotopic (exact) mass is 399 g/mol. The Balaban J connectivity index is 1.54. The number of rotatable bonds is 4. The number of nitro benzene ring substituents is 1. The first-order valence-corrected chi connectivity index (χ1v) is 10.1. The minimum absolute atomic E-state index is 0.0631. The topological polar surface area (TPSA) is 68.0 Å². The summed E-state index contributed by atoms with van der Waals surface area (Å²) in [5.41, 5.74) is 5.45. The molecule has 0 spiro atoms. The van der Waals surface area contributed by atoms with Crippen LogP contribution in [0.1, 0.15) is 47.9 Å². The molecule has 0 saturated heterocycles. The van der Waals surface area contributed by atoms with Crippen molar-refractivity contribution in [2.24, 2.45) is 5.10 Å². The second-order valence-electron chi connectivity index (χ2n) is 7.55. The predicted octanol–water partition coefficient (Wildman–Crippen LogP) is 5.40. The van der Waals surface area contributed by atoms with E-state index in [0.29, 0.717) is 0 Å². The molecule has 6 nitrogen and oxygen atoms in total. The van der Waals surface area contributed by atoms with E-state index in [2.05, 4.69) is 37.3 Å². The number of fused-ring (bicyclic) bond motifs is 3. The lowest BCUT2D eigenvalue weighted by Crippen LogP contribution is -2.33. The van der Waals surface area contributed by atoms with E-state index in [-0.39, 0.29) is 11.7 Å². The van der Waals surface area contributed by atoms with Gasteiger partial charge in [-0.25, -0.2) is 5.01 Å². The van der Waals surface area contributed by atoms with Crippen LogP contribution in [0.5, 0.6) is 5.75 Å². The summed E-state index contributed by atoms with van der Waals surface area (Å²) in [6, 6.07) is 23.2. The van der Waals surface area contributed by atoms with E-state index >= 15 is 0 Å². The van der Waals surface area contributed by atoms with Gasteiger partial charge in [0.05, 0.1) is 16.7 Å². The summed E-state index contributed by atoms with van der Waals surface area (Å²) in [6.07, 6.45) is 1.36. The van der Waals surface area contributed by atoms with Crippen molar-refractivity contribution in [1.29, 1.82) is 0 Å². The first kappa shape index (κ1) is 18.4. The van der Waals surface area contributed by atoms with Gasteiger partial charge in [-0.05, 0) is 35.7 Å². The van der Waals surface area contributed by atoms with Gasteiger partial charge in [0.15, 0.2) is 0 Å². The third kappa shape index (κ3) is 3.10. The Kier molecular flexibility index (Phi) is 4.47. The number of aryl methyl sites for hydroxylation is 1. The van der Waals surface area contributed by atoms with Crippen molar-refractivity contribution >= 4 is 11.4 Å². The number of hydrogen-bond donors (Lipinski definition) is 0. The van der Waals surface area contributed by atoms with Crippen molar-refractivity contribution in [2.45, 2.75) is 32.0 Å². The molecule has 2 atom stereocenters. The first-order chi connectivity index (χ1) is 14.6. The summed E-state index contributed by atoms with van der Waals surface area (Å²) >= 11 is 0. The Morgan fingerprint density at radius 1 is 1.07 bits per heavy atom. The number of ether oxygens (including phenoxy) is 1. The van der Waals surface area contributed by atoms with Gasteiger partial charge < -0.3 is 4.74 Å². The van der Waals surface area contributed by atoms with Crippen LogP contribution in [0.15, 0.2) is 77.9 Å². The molecule has 3 aromatic carbocycles. The molecule has 6 heteroatoms. The van der Waals surface area contributed by atoms with E-state index in [9.17, 15) is 10.1 Å². The zero-order valence-electron chi connectivity index (χ0n) is 16.6. The summed E-state index contributed by atoms with van der Waals surface area (Å²) in [5.74, 6) is 0.833. The molecule has 0 N–H and O–H groups in total. The van der Waals surface area contributed by atoms with Crippen molar-refractivity contribution < 1.29 is 9.66 Å². The number of nitro groups is 1. The Morgan fingerprint density at radius 3 is 2.50 bits per heavy atom. The van der Waals surface area contributed by atoms with Crippen LogP contribution < -0.4 is 4.74 Å². The average molecular weight is 399 g/mol. The highest BCUT2D eigenvalue weighted by Gasteiger charge is 2.40. The van der Waals surface area contributed by atoms with E-state index < -0.39 is 11.2 Å². The maximum atomic E-state index is 11.0. The molecule has 2 aliphatic heterocycles. The molecule has 0 aromatic heterocycles. The van der Waals surface area contributed by atoms with Gasteiger partial charge in [-0.15, -0.1) is 0 Å². The Bertz CT molecular complexity index is 1120. The molecule has 0 unspecified atom stereocenters. The quantitative estimate of drug-likeness (QED) is 0.435. The van der Waals surface area contributed by atoms with Gasteiger partial charge in [0, 0.05) is 29.7 Å². The van der Waals surface area contributed by atoms with Crippen LogP contribution in [0.4, 0.5) is 5.69 Å². The standard InChI is InChI=1S/C24H21N3O3/c1-2-16-7-9-17(10-8-16)21-15-22-20-5-3-4-6-23(20)30-24(26(22)25-21)18-11-13-19(14-12-18)27(28)29/h3-14,22,24H,2,15H2,1H3/t22-,24-/m1/s1. The lowest BCUT2D eigenvalue weighted by atomic mass is 9.95. The van der Waals surface area contributed by atoms with Crippen LogP contribution in [-0.4, -0.2) is 15.6 Å². The highest BCUT2D eigenvalue weighted by molar-refractivity contribution is 6.02. The lowest BCUT2D eigenvalue weighted by molar-refractivity contribution is -0.384. The zero-order chi connectivity index (χ0) is 20.7. The van der Waals surface area contributed by atoms with E-state index in [4.69, 9.17) is 9.84 Å². The summed E-state index contributed by atoms with van der Waals surface area (Å²) in [5, 5.41) is 18.0. The smallest absolute Gasteiger partial charge is 0.269 e. The van der Waals surface area contributed by atoms with Crippen molar-refractivity contribution in [1.82, 2.24) is 5.01 Å². The molecule has 150 valence electrons. The second kappa shape index (κ2) is 7.30. The number of benzene rings is 3. The first-order valence-electron chi connectivity index (χ1n) is 10.1. The van der Waals surface area contributed by atoms with Gasteiger partial charge in [0.25, 0.3) is 5.69 Å². The molecule has 2 heterocycles. The maximum absolute atomic E-state index is 11.0. The summed E-state index contributed by atoms with van der Waals surface area (Å²) < 4.78 is 6.30. The van der Waals surface area contributed by atoms with Crippen molar-refractivity contribution in [3.05, 3.63) is 105 Å². The normalized spacial score (nSPS) is 19.5. The van der Waals surface area contributed by atoms with Crippen LogP contribution in [0.3, 0.4) is 0 Å². The SMILES string of the molecule is CCc1ccc(C2=NN3[C@H](C2)c2ccccc2O[C@@H]3c2ccc([N+](=O)[O-])cc2)cc1. The highest BCUT2D eigenvalue weighted by Crippen LogP contribution is 2.47. The lowest BCUT2D eigenvalue weighted by Gasteiger charge is -2.38. The molecule has 0 aliphatic carbocycles. The molecule has 0 amide bonds. The van der Waals surface area contributed by atoms with Gasteiger partial charge in [-0.1, -0.05) is 49.4 Å². The highest BCUT2D eigenvalue weighted by atomic mass is 16.6. The summed E-state index contributed by atoms with van der Waals surface area (Å²) in [4.78, 5) is 10.6. The van der Waals surface area contributed by atoms with Crippen LogP contribution in [0, 0.1) is 10.1 Å². The third-order valence-electron chi connectivity index (χ3n) is 5.78. The van der Waals surface area contributed by atoms with Crippen LogP contribution in [0.2, 0.25) is 0 Å². The molecule has 3 aromatic rings. The van der Waals surface area contributed by atoms with Gasteiger partial charge >= 0.3 is 0 Å². The fourth-order valence-corrected chi connectivity index (χ4v) is 4.12. The second-order valence-corrected chi connectivity index (χ2v) is 7.55. The number of nitrogens with zero attached hydrogens (tertiary/aromatic N) is 3. The summed E-state index contributed by atoms with van der Waals surface area (Å²) in [6.45, 7) is 2.14. The Labute approximate surface area is 174 Å². The van der Waals surface area contributed by atoms with Crippen LogP contribution in [0.25, 0.3) is 0 Å². The minimum Gasteiger partial charge on any atom is -0.464 e. The molecule has 0 fully saturated rings. The predicted molar refractivity (Wildman–Crippen MR) is 114 cm³/mol.